The molecule has 0 aliphatic carbocycles. The molecule has 0 fully saturated rings. The standard InChI is InChI=1S/C37H54Br2N12O4S2.C3H6/c1-4-45-30(36(55)51-29-21-25(39)19-27(34(29)57-16-12-41)49-31(52)9-5-7-13-46-23(3)42)17-22(2)35(54)50-28-20-24(38)18-26(33(28)56-15-11-40)48-32(53)10-6-8-14-47-37(43)44;1-3-2/h4,17-22H,5-16,40-41H2,1-3H3,(H2,42,46)(H,48,53)(H,49,52)(H,50,54)(H,51,55)(H4,43,44,47);3H,1H2,2H3/b30-17-,45-4?;. The summed E-state index contributed by atoms with van der Waals surface area (Å²) in [6, 6.07) is 6.97. The van der Waals surface area contributed by atoms with Crippen LogP contribution in [0, 0.1) is 5.92 Å². The van der Waals surface area contributed by atoms with Gasteiger partial charge in [-0.25, -0.2) is 0 Å². The Morgan fingerprint density at radius 3 is 1.60 bits per heavy atom. The van der Waals surface area contributed by atoms with Crippen LogP contribution in [0.1, 0.15) is 66.2 Å². The quantitative estimate of drug-likeness (QED) is 0.0136. The van der Waals surface area contributed by atoms with Crippen molar-refractivity contribution < 1.29 is 19.2 Å². The Labute approximate surface area is 379 Å². The number of aliphatic imine (C=N–C) groups is 3. The zero-order chi connectivity index (χ0) is 45.0. The third kappa shape index (κ3) is 21.9. The van der Waals surface area contributed by atoms with Gasteiger partial charge in [0.2, 0.25) is 17.7 Å². The molecule has 4 amide bonds. The number of nitrogens with one attached hydrogen (secondary N) is 4. The molecule has 0 saturated heterocycles. The van der Waals surface area contributed by atoms with Crippen LogP contribution in [0.15, 0.2) is 82.4 Å². The number of guanidine groups is 1. The molecule has 20 heteroatoms. The van der Waals surface area contributed by atoms with E-state index in [1.165, 1.54) is 35.8 Å². The van der Waals surface area contributed by atoms with Gasteiger partial charge >= 0.3 is 0 Å². The first-order chi connectivity index (χ1) is 28.6. The molecule has 2 aromatic rings. The number of nitrogens with two attached hydrogens (primary N) is 5. The molecule has 16 nitrogen and oxygen atoms in total. The topological polar surface area (TPSA) is 284 Å². The van der Waals surface area contributed by atoms with Crippen molar-refractivity contribution in [1.82, 2.24) is 0 Å². The van der Waals surface area contributed by atoms with E-state index in [2.05, 4.69) is 74.7 Å². The van der Waals surface area contributed by atoms with Crippen molar-refractivity contribution in [3.05, 3.63) is 57.6 Å². The Kier molecular flexibility index (Phi) is 27.6. The van der Waals surface area contributed by atoms with Gasteiger partial charge in [-0.1, -0.05) is 37.9 Å². The molecular weight excluding hydrogens is 936 g/mol. The minimum Gasteiger partial charge on any atom is -0.388 e. The highest BCUT2D eigenvalue weighted by Crippen LogP contribution is 2.39. The molecule has 0 bridgehead atoms. The third-order valence-electron chi connectivity index (χ3n) is 7.49. The molecule has 0 radical (unpaired) electrons. The van der Waals surface area contributed by atoms with E-state index in [-0.39, 0.29) is 36.3 Å². The number of benzene rings is 2. The van der Waals surface area contributed by atoms with E-state index in [0.717, 1.165) is 0 Å². The predicted octanol–water partition coefficient (Wildman–Crippen LogP) is 6.56. The fourth-order valence-electron chi connectivity index (χ4n) is 4.94. The van der Waals surface area contributed by atoms with Crippen molar-refractivity contribution >= 4 is 120 Å². The highest BCUT2D eigenvalue weighted by Gasteiger charge is 2.22. The molecule has 0 heterocycles. The molecule has 0 aliphatic rings. The molecular formula is C40H60Br2N12O4S2. The Bertz CT molecular complexity index is 1870. The first-order valence-corrected chi connectivity index (χ1v) is 22.8. The predicted molar refractivity (Wildman–Crippen MR) is 260 cm³/mol. The molecule has 1 atom stereocenters. The van der Waals surface area contributed by atoms with Crippen LogP contribution in [-0.2, 0) is 19.2 Å². The summed E-state index contributed by atoms with van der Waals surface area (Å²) in [6.45, 7) is 12.0. The molecule has 2 aromatic carbocycles. The van der Waals surface area contributed by atoms with Gasteiger partial charge in [-0.2, -0.15) is 0 Å². The Balaban J connectivity index is 0.00000581. The summed E-state index contributed by atoms with van der Waals surface area (Å²) in [5.41, 5.74) is 29.9. The van der Waals surface area contributed by atoms with Crippen LogP contribution in [0.25, 0.3) is 0 Å². The van der Waals surface area contributed by atoms with E-state index < -0.39 is 17.7 Å². The number of rotatable bonds is 24. The smallest absolute Gasteiger partial charge is 0.273 e. The lowest BCUT2D eigenvalue weighted by Crippen LogP contribution is -2.23. The summed E-state index contributed by atoms with van der Waals surface area (Å²) >= 11 is 9.76. The summed E-state index contributed by atoms with van der Waals surface area (Å²) in [6.07, 6.45) is 7.73. The number of hydrogen-bond donors (Lipinski definition) is 9. The number of amidine groups is 1. The molecule has 330 valence electrons. The van der Waals surface area contributed by atoms with Crippen LogP contribution in [0.5, 0.6) is 0 Å². The van der Waals surface area contributed by atoms with E-state index in [9.17, 15) is 19.2 Å². The highest BCUT2D eigenvalue weighted by atomic mass is 79.9. The first-order valence-electron chi connectivity index (χ1n) is 19.2. The molecule has 0 spiro atoms. The van der Waals surface area contributed by atoms with Gasteiger partial charge in [0.1, 0.15) is 5.70 Å². The molecule has 60 heavy (non-hydrogen) atoms. The van der Waals surface area contributed by atoms with E-state index in [1.807, 2.05) is 6.92 Å². The maximum absolute atomic E-state index is 13.8. The Hall–Kier alpha value is -4.21. The number of carbonyl (C=O) groups excluding carboxylic acids is 4. The van der Waals surface area contributed by atoms with Gasteiger partial charge in [-0.05, 0) is 83.7 Å². The molecule has 2 rings (SSSR count). The maximum Gasteiger partial charge on any atom is 0.273 e. The number of hydrogen-bond acceptors (Lipinski definition) is 11. The van der Waals surface area contributed by atoms with Crippen LogP contribution in [0.4, 0.5) is 22.7 Å². The van der Waals surface area contributed by atoms with Crippen molar-refractivity contribution in [2.75, 3.05) is 59.0 Å². The third-order valence-corrected chi connectivity index (χ3v) is 10.7. The number of carbonyl (C=O) groups is 4. The number of thioether (sulfide) groups is 2. The molecule has 1 unspecified atom stereocenters. The van der Waals surface area contributed by atoms with Gasteiger partial charge < -0.3 is 49.9 Å². The van der Waals surface area contributed by atoms with Gasteiger partial charge in [-0.15, -0.1) is 30.1 Å². The number of amides is 4. The van der Waals surface area contributed by atoms with Gasteiger partial charge in [0.15, 0.2) is 5.96 Å². The fraction of sp³-hybridized carbons (Fsp3) is 0.425. The second-order valence-corrected chi connectivity index (χ2v) is 16.9. The molecule has 0 saturated carbocycles. The summed E-state index contributed by atoms with van der Waals surface area (Å²) < 4.78 is 1.24. The van der Waals surface area contributed by atoms with E-state index in [1.54, 1.807) is 51.1 Å². The van der Waals surface area contributed by atoms with Crippen molar-refractivity contribution in [2.24, 2.45) is 49.6 Å². The van der Waals surface area contributed by atoms with Gasteiger partial charge in [-0.3, -0.25) is 34.2 Å². The van der Waals surface area contributed by atoms with Crippen molar-refractivity contribution in [2.45, 2.75) is 76.0 Å². The number of unbranched alkanes of at least 4 members (excludes halogenated alkanes) is 2. The number of anilines is 4. The normalized spacial score (nSPS) is 11.9. The van der Waals surface area contributed by atoms with Gasteiger partial charge in [0.05, 0.1) is 44.3 Å². The first kappa shape index (κ1) is 53.8. The molecule has 0 aromatic heterocycles. The summed E-state index contributed by atoms with van der Waals surface area (Å²) in [5, 5.41) is 11.8. The van der Waals surface area contributed by atoms with Crippen LogP contribution >= 0.6 is 55.4 Å². The molecule has 0 aliphatic heterocycles. The zero-order valence-electron chi connectivity index (χ0n) is 34.7. The zero-order valence-corrected chi connectivity index (χ0v) is 39.5. The van der Waals surface area contributed by atoms with Gasteiger partial charge in [0, 0.05) is 65.7 Å². The average molecular weight is 997 g/mol. The van der Waals surface area contributed by atoms with Crippen LogP contribution in [0.3, 0.4) is 0 Å². The molecule has 14 N–H and O–H groups in total. The Morgan fingerprint density at radius 2 is 1.18 bits per heavy atom. The van der Waals surface area contributed by atoms with Crippen molar-refractivity contribution in [3.8, 4) is 0 Å². The fourth-order valence-corrected chi connectivity index (χ4v) is 7.56. The number of nitrogens with zero attached hydrogens (tertiary/aromatic N) is 3. The SMILES string of the molecule is C=CC.CC=N/C(=C\C(C)C(=O)Nc1cc(Br)cc(NC(=O)CCCCN=C(N)N)c1SCCN)C(=O)Nc1cc(Br)cc(NC(=O)CCCCN=C(C)N)c1SCCN. The van der Waals surface area contributed by atoms with Crippen molar-refractivity contribution in [3.63, 3.8) is 0 Å². The second kappa shape index (κ2) is 30.8. The van der Waals surface area contributed by atoms with Gasteiger partial charge in [0.25, 0.3) is 5.91 Å². The number of halogens is 2. The largest absolute Gasteiger partial charge is 0.388 e. The maximum atomic E-state index is 13.8. The van der Waals surface area contributed by atoms with Crippen LogP contribution in [-0.4, -0.2) is 79.3 Å². The Morgan fingerprint density at radius 1 is 0.750 bits per heavy atom. The second-order valence-electron chi connectivity index (χ2n) is 12.9. The van der Waals surface area contributed by atoms with E-state index in [0.29, 0.717) is 111 Å². The minimum atomic E-state index is -0.827. The van der Waals surface area contributed by atoms with E-state index in [4.69, 9.17) is 28.7 Å². The minimum absolute atomic E-state index is 0.00405. The lowest BCUT2D eigenvalue weighted by molar-refractivity contribution is -0.118. The highest BCUT2D eigenvalue weighted by molar-refractivity contribution is 9.10. The summed E-state index contributed by atoms with van der Waals surface area (Å²) in [5.74, 6) is -0.677. The summed E-state index contributed by atoms with van der Waals surface area (Å²) in [7, 11) is 0. The average Bonchev–Trinajstić information content (AvgIpc) is 3.16. The lowest BCUT2D eigenvalue weighted by Gasteiger charge is -2.18. The lowest BCUT2D eigenvalue weighted by atomic mass is 10.1. The van der Waals surface area contributed by atoms with Crippen molar-refractivity contribution in [1.29, 1.82) is 0 Å². The van der Waals surface area contributed by atoms with Crippen LogP contribution < -0.4 is 49.9 Å². The number of allylic oxidation sites excluding steroid dienone is 1. The monoisotopic (exact) mass is 994 g/mol. The summed E-state index contributed by atoms with van der Waals surface area (Å²) in [4.78, 5) is 66.9. The van der Waals surface area contributed by atoms with Crippen LogP contribution in [0.2, 0.25) is 0 Å². The van der Waals surface area contributed by atoms with E-state index >= 15 is 0 Å².